The summed E-state index contributed by atoms with van der Waals surface area (Å²) in [4.78, 5) is 17.6. The fraction of sp³-hybridized carbons (Fsp3) is 0.278. The second-order valence-electron chi connectivity index (χ2n) is 5.82. The number of nitrogens with one attached hydrogen (secondary N) is 1. The first kappa shape index (κ1) is 16.4. The lowest BCUT2D eigenvalue weighted by molar-refractivity contribution is -0.115. The lowest BCUT2D eigenvalue weighted by Gasteiger charge is -2.01. The first-order valence-electron chi connectivity index (χ1n) is 7.73. The molecule has 0 saturated carbocycles. The predicted octanol–water partition coefficient (Wildman–Crippen LogP) is 3.83. The number of hydrogen-bond acceptors (Lipinski definition) is 5. The summed E-state index contributed by atoms with van der Waals surface area (Å²) in [6.45, 7) is 5.72. The van der Waals surface area contributed by atoms with Gasteiger partial charge in [-0.1, -0.05) is 35.0 Å². The Morgan fingerprint density at radius 3 is 2.62 bits per heavy atom. The van der Waals surface area contributed by atoms with Gasteiger partial charge in [0.2, 0.25) is 5.91 Å². The quantitative estimate of drug-likeness (QED) is 0.766. The number of benzene rings is 1. The van der Waals surface area contributed by atoms with Crippen LogP contribution in [0.15, 0.2) is 35.0 Å². The summed E-state index contributed by atoms with van der Waals surface area (Å²) in [7, 11) is 0. The van der Waals surface area contributed by atoms with Crippen molar-refractivity contribution in [3.05, 3.63) is 63.5 Å². The van der Waals surface area contributed by atoms with Gasteiger partial charge in [0.25, 0.3) is 0 Å². The lowest BCUT2D eigenvalue weighted by Crippen LogP contribution is -2.14. The van der Waals surface area contributed by atoms with Gasteiger partial charge in [-0.3, -0.25) is 4.79 Å². The molecule has 0 saturated heterocycles. The lowest BCUT2D eigenvalue weighted by atomic mass is 10.1. The summed E-state index contributed by atoms with van der Waals surface area (Å²) in [6, 6.07) is 8.43. The number of carbonyl (C=O) groups is 1. The fourth-order valence-corrected chi connectivity index (χ4v) is 3.30. The zero-order valence-corrected chi connectivity index (χ0v) is 14.7. The van der Waals surface area contributed by atoms with E-state index in [9.17, 15) is 4.79 Å². The number of carbonyl (C=O) groups excluding carboxylic acids is 1. The van der Waals surface area contributed by atoms with E-state index >= 15 is 0 Å². The molecular formula is C18H19N3O2S. The van der Waals surface area contributed by atoms with Crippen LogP contribution in [0.1, 0.15) is 33.0 Å². The van der Waals surface area contributed by atoms with Gasteiger partial charge in [0.05, 0.1) is 12.1 Å². The molecular weight excluding hydrogens is 322 g/mol. The maximum Gasteiger partial charge on any atom is 0.230 e. The number of nitrogens with zero attached hydrogens (tertiary/aromatic N) is 2. The molecule has 0 radical (unpaired) electrons. The number of anilines is 1. The summed E-state index contributed by atoms with van der Waals surface area (Å²) < 4.78 is 5.08. The Hall–Kier alpha value is -2.47. The van der Waals surface area contributed by atoms with Gasteiger partial charge in [-0.25, -0.2) is 4.98 Å². The van der Waals surface area contributed by atoms with Crippen molar-refractivity contribution in [1.29, 1.82) is 0 Å². The van der Waals surface area contributed by atoms with E-state index in [0.717, 1.165) is 22.6 Å². The molecule has 0 fully saturated rings. The van der Waals surface area contributed by atoms with Gasteiger partial charge in [-0.15, -0.1) is 11.3 Å². The highest BCUT2D eigenvalue weighted by atomic mass is 32.1. The van der Waals surface area contributed by atoms with E-state index in [-0.39, 0.29) is 12.3 Å². The van der Waals surface area contributed by atoms with Crippen molar-refractivity contribution in [3.63, 3.8) is 0 Å². The third-order valence-corrected chi connectivity index (χ3v) is 4.73. The molecule has 124 valence electrons. The molecule has 1 N–H and O–H groups in total. The third-order valence-electron chi connectivity index (χ3n) is 3.82. The Bertz CT molecular complexity index is 830. The summed E-state index contributed by atoms with van der Waals surface area (Å²) in [5.41, 5.74) is 4.07. The van der Waals surface area contributed by atoms with Gasteiger partial charge in [0, 0.05) is 23.1 Å². The maximum absolute atomic E-state index is 12.2. The standard InChI is InChI=1S/C18H19N3O2S/c1-11-4-6-14(7-5-11)8-15-10-19-18(24-15)20-17(22)9-16-12(2)21-23-13(16)3/h4-7,10H,8-9H2,1-3H3,(H,19,20,22). The smallest absolute Gasteiger partial charge is 0.230 e. The van der Waals surface area contributed by atoms with Gasteiger partial charge >= 0.3 is 0 Å². The van der Waals surface area contributed by atoms with E-state index in [1.807, 2.05) is 20.0 Å². The summed E-state index contributed by atoms with van der Waals surface area (Å²) in [6.07, 6.45) is 2.88. The Labute approximate surface area is 144 Å². The molecule has 0 spiro atoms. The van der Waals surface area contributed by atoms with Gasteiger partial charge < -0.3 is 9.84 Å². The van der Waals surface area contributed by atoms with E-state index in [4.69, 9.17) is 4.52 Å². The minimum atomic E-state index is -0.111. The van der Waals surface area contributed by atoms with E-state index in [0.29, 0.717) is 10.9 Å². The molecule has 2 heterocycles. The van der Waals surface area contributed by atoms with Gasteiger partial charge in [0.1, 0.15) is 5.76 Å². The molecule has 24 heavy (non-hydrogen) atoms. The SMILES string of the molecule is Cc1ccc(Cc2cnc(NC(=O)Cc3c(C)noc3C)s2)cc1. The molecule has 0 aliphatic heterocycles. The van der Waals surface area contributed by atoms with Crippen LogP contribution in [0.25, 0.3) is 0 Å². The molecule has 1 aromatic carbocycles. The molecule has 0 unspecified atom stereocenters. The molecule has 0 aliphatic rings. The highest BCUT2D eigenvalue weighted by Gasteiger charge is 2.14. The number of aromatic nitrogens is 2. The fourth-order valence-electron chi connectivity index (χ4n) is 2.43. The maximum atomic E-state index is 12.2. The number of thiazole rings is 1. The molecule has 0 aliphatic carbocycles. The highest BCUT2D eigenvalue weighted by Crippen LogP contribution is 2.22. The van der Waals surface area contributed by atoms with Crippen LogP contribution >= 0.6 is 11.3 Å². The van der Waals surface area contributed by atoms with Crippen molar-refractivity contribution >= 4 is 22.4 Å². The monoisotopic (exact) mass is 341 g/mol. The summed E-state index contributed by atoms with van der Waals surface area (Å²) in [5, 5.41) is 7.33. The molecule has 3 aromatic rings. The van der Waals surface area contributed by atoms with Crippen molar-refractivity contribution < 1.29 is 9.32 Å². The van der Waals surface area contributed by atoms with Gasteiger partial charge in [-0.2, -0.15) is 0 Å². The van der Waals surface area contributed by atoms with Gasteiger partial charge in [0.15, 0.2) is 5.13 Å². The van der Waals surface area contributed by atoms with E-state index in [2.05, 4.69) is 46.6 Å². The Morgan fingerprint density at radius 1 is 1.21 bits per heavy atom. The van der Waals surface area contributed by atoms with Crippen LogP contribution in [0, 0.1) is 20.8 Å². The van der Waals surface area contributed by atoms with Crippen LogP contribution in [0.5, 0.6) is 0 Å². The molecule has 1 amide bonds. The molecule has 6 heteroatoms. The minimum Gasteiger partial charge on any atom is -0.361 e. The van der Waals surface area contributed by atoms with Crippen LogP contribution in [-0.2, 0) is 17.6 Å². The van der Waals surface area contributed by atoms with Crippen molar-refractivity contribution in [2.75, 3.05) is 5.32 Å². The third kappa shape index (κ3) is 3.89. The second kappa shape index (κ2) is 6.97. The first-order valence-corrected chi connectivity index (χ1v) is 8.55. The Morgan fingerprint density at radius 2 is 1.96 bits per heavy atom. The first-order chi connectivity index (χ1) is 11.5. The summed E-state index contributed by atoms with van der Waals surface area (Å²) >= 11 is 1.50. The van der Waals surface area contributed by atoms with E-state index in [1.165, 1.54) is 22.5 Å². The van der Waals surface area contributed by atoms with Crippen LogP contribution in [0.4, 0.5) is 5.13 Å². The van der Waals surface area contributed by atoms with E-state index < -0.39 is 0 Å². The zero-order valence-electron chi connectivity index (χ0n) is 13.9. The second-order valence-corrected chi connectivity index (χ2v) is 6.94. The molecule has 0 atom stereocenters. The minimum absolute atomic E-state index is 0.111. The van der Waals surface area contributed by atoms with Crippen LogP contribution in [0.2, 0.25) is 0 Å². The van der Waals surface area contributed by atoms with Crippen LogP contribution in [0.3, 0.4) is 0 Å². The Balaban J connectivity index is 1.61. The molecule has 0 bridgehead atoms. The topological polar surface area (TPSA) is 68.0 Å². The largest absolute Gasteiger partial charge is 0.361 e. The summed E-state index contributed by atoms with van der Waals surface area (Å²) in [5.74, 6) is 0.572. The van der Waals surface area contributed by atoms with Crippen LogP contribution in [-0.4, -0.2) is 16.0 Å². The number of hydrogen-bond donors (Lipinski definition) is 1. The van der Waals surface area contributed by atoms with Gasteiger partial charge in [-0.05, 0) is 26.3 Å². The highest BCUT2D eigenvalue weighted by molar-refractivity contribution is 7.15. The number of aryl methyl sites for hydroxylation is 3. The van der Waals surface area contributed by atoms with Crippen molar-refractivity contribution in [1.82, 2.24) is 10.1 Å². The van der Waals surface area contributed by atoms with Crippen molar-refractivity contribution in [3.8, 4) is 0 Å². The number of amides is 1. The normalized spacial score (nSPS) is 10.8. The molecule has 2 aromatic heterocycles. The van der Waals surface area contributed by atoms with Crippen molar-refractivity contribution in [2.45, 2.75) is 33.6 Å². The average molecular weight is 341 g/mol. The molecule has 3 rings (SSSR count). The van der Waals surface area contributed by atoms with Crippen molar-refractivity contribution in [2.24, 2.45) is 0 Å². The average Bonchev–Trinajstić information content (AvgIpc) is 3.11. The van der Waals surface area contributed by atoms with Crippen LogP contribution < -0.4 is 5.32 Å². The van der Waals surface area contributed by atoms with E-state index in [1.54, 1.807) is 0 Å². The number of rotatable bonds is 5. The molecule has 5 nitrogen and oxygen atoms in total. The predicted molar refractivity (Wildman–Crippen MR) is 94.4 cm³/mol. The Kier molecular flexibility index (Phi) is 4.76. The zero-order chi connectivity index (χ0) is 17.1.